The van der Waals surface area contributed by atoms with E-state index in [0.29, 0.717) is 0 Å². The summed E-state index contributed by atoms with van der Waals surface area (Å²) in [5.41, 5.74) is 10.3. The topological polar surface area (TPSA) is 32.3 Å². The molecule has 0 fully saturated rings. The molecule has 0 spiro atoms. The van der Waals surface area contributed by atoms with Crippen LogP contribution < -0.4 is 9.80 Å². The van der Waals surface area contributed by atoms with Gasteiger partial charge >= 0.3 is 0 Å². The van der Waals surface area contributed by atoms with Crippen LogP contribution in [0, 0.1) is 0 Å². The standard InChI is InChI=1S/C44H50N4/c1-5-31-47(32-6-2)39-25-19-35(20-26-39)23-29-41-43(37-15-11-9-12-16-37)46-42(44(45-41)38-17-13-10-14-18-38)30-24-36-21-27-40(28-22-36)48(33-7-3)34-8-4/h9-30H,5-8,31-34H2,1-4H3/b29-23+,30-24+. The van der Waals surface area contributed by atoms with Crippen molar-refractivity contribution in [3.8, 4) is 22.5 Å². The Balaban J connectivity index is 1.52. The highest BCUT2D eigenvalue weighted by atomic mass is 15.1. The molecule has 0 N–H and O–H groups in total. The fraction of sp³-hybridized carbons (Fsp3) is 0.273. The van der Waals surface area contributed by atoms with Crippen molar-refractivity contribution in [3.05, 3.63) is 132 Å². The summed E-state index contributed by atoms with van der Waals surface area (Å²) in [5.74, 6) is 0. The van der Waals surface area contributed by atoms with Crippen LogP contribution in [0.15, 0.2) is 109 Å². The Labute approximate surface area is 288 Å². The number of anilines is 2. The molecule has 1 aromatic heterocycles. The van der Waals surface area contributed by atoms with Crippen molar-refractivity contribution < 1.29 is 0 Å². The lowest BCUT2D eigenvalue weighted by molar-refractivity contribution is 0.745. The van der Waals surface area contributed by atoms with Gasteiger partial charge in [0, 0.05) is 48.7 Å². The second-order valence-corrected chi connectivity index (χ2v) is 12.2. The monoisotopic (exact) mass is 634 g/mol. The van der Waals surface area contributed by atoms with Crippen molar-refractivity contribution in [2.75, 3.05) is 36.0 Å². The molecule has 4 heteroatoms. The zero-order valence-corrected chi connectivity index (χ0v) is 29.1. The number of nitrogens with zero attached hydrogens (tertiary/aromatic N) is 4. The normalized spacial score (nSPS) is 11.4. The van der Waals surface area contributed by atoms with Crippen LogP contribution in [0.2, 0.25) is 0 Å². The number of benzene rings is 4. The van der Waals surface area contributed by atoms with E-state index in [1.807, 2.05) is 12.1 Å². The van der Waals surface area contributed by atoms with E-state index in [0.717, 1.165) is 96.9 Å². The molecule has 246 valence electrons. The summed E-state index contributed by atoms with van der Waals surface area (Å²) in [6, 6.07) is 38.5. The maximum Gasteiger partial charge on any atom is 0.0966 e. The Morgan fingerprint density at radius 3 is 1.06 bits per heavy atom. The third kappa shape index (κ3) is 9.10. The van der Waals surface area contributed by atoms with Gasteiger partial charge in [-0.1, -0.05) is 125 Å². The van der Waals surface area contributed by atoms with Gasteiger partial charge in [0.25, 0.3) is 0 Å². The van der Waals surface area contributed by atoms with Crippen LogP contribution in [0.5, 0.6) is 0 Å². The first-order valence-electron chi connectivity index (χ1n) is 17.7. The molecule has 0 aliphatic heterocycles. The van der Waals surface area contributed by atoms with Gasteiger partial charge in [-0.15, -0.1) is 0 Å². The Morgan fingerprint density at radius 2 is 0.750 bits per heavy atom. The van der Waals surface area contributed by atoms with E-state index in [2.05, 4.69) is 159 Å². The fourth-order valence-corrected chi connectivity index (χ4v) is 6.07. The van der Waals surface area contributed by atoms with Crippen LogP contribution in [0.4, 0.5) is 11.4 Å². The van der Waals surface area contributed by atoms with Crippen LogP contribution in [0.3, 0.4) is 0 Å². The number of hydrogen-bond acceptors (Lipinski definition) is 4. The Hall–Kier alpha value is -4.96. The van der Waals surface area contributed by atoms with Crippen LogP contribution in [-0.2, 0) is 0 Å². The molecule has 0 atom stereocenters. The summed E-state index contributed by atoms with van der Waals surface area (Å²) >= 11 is 0. The molecule has 0 saturated carbocycles. The van der Waals surface area contributed by atoms with E-state index < -0.39 is 0 Å². The predicted octanol–water partition coefficient (Wildman–Crippen LogP) is 11.4. The Kier molecular flexibility index (Phi) is 12.8. The van der Waals surface area contributed by atoms with E-state index in [9.17, 15) is 0 Å². The molecule has 5 aromatic rings. The van der Waals surface area contributed by atoms with Gasteiger partial charge in [-0.05, 0) is 73.2 Å². The van der Waals surface area contributed by atoms with E-state index >= 15 is 0 Å². The second-order valence-electron chi connectivity index (χ2n) is 12.2. The minimum absolute atomic E-state index is 0.844. The first-order chi connectivity index (χ1) is 23.6. The van der Waals surface area contributed by atoms with E-state index in [1.54, 1.807) is 0 Å². The molecule has 4 nitrogen and oxygen atoms in total. The zero-order chi connectivity index (χ0) is 33.6. The van der Waals surface area contributed by atoms with Crippen LogP contribution in [0.1, 0.15) is 75.9 Å². The van der Waals surface area contributed by atoms with Crippen LogP contribution in [-0.4, -0.2) is 36.1 Å². The van der Waals surface area contributed by atoms with Crippen LogP contribution >= 0.6 is 0 Å². The quantitative estimate of drug-likeness (QED) is 0.108. The molecule has 0 aliphatic carbocycles. The van der Waals surface area contributed by atoms with Gasteiger partial charge in [-0.2, -0.15) is 0 Å². The average Bonchev–Trinajstić information content (AvgIpc) is 3.14. The Bertz CT molecular complexity index is 1600. The lowest BCUT2D eigenvalue weighted by Crippen LogP contribution is -2.24. The minimum atomic E-state index is 0.844. The van der Waals surface area contributed by atoms with Crippen molar-refractivity contribution >= 4 is 35.7 Å². The average molecular weight is 635 g/mol. The van der Waals surface area contributed by atoms with Crippen molar-refractivity contribution in [3.63, 3.8) is 0 Å². The summed E-state index contributed by atoms with van der Waals surface area (Å²) in [5, 5.41) is 0. The van der Waals surface area contributed by atoms with E-state index in [1.165, 1.54) is 11.4 Å². The molecule has 5 rings (SSSR count). The van der Waals surface area contributed by atoms with Crippen molar-refractivity contribution in [1.29, 1.82) is 0 Å². The van der Waals surface area contributed by atoms with Gasteiger partial charge in [-0.25, -0.2) is 9.97 Å². The molecule has 0 aliphatic rings. The highest BCUT2D eigenvalue weighted by Gasteiger charge is 2.14. The third-order valence-electron chi connectivity index (χ3n) is 8.40. The van der Waals surface area contributed by atoms with Gasteiger partial charge in [0.15, 0.2) is 0 Å². The Morgan fingerprint density at radius 1 is 0.417 bits per heavy atom. The SMILES string of the molecule is CCCN(CCC)c1ccc(/C=C/c2nc(-c3ccccc3)c(/C=C/c3ccc(N(CCC)CCC)cc3)nc2-c2ccccc2)cc1. The zero-order valence-electron chi connectivity index (χ0n) is 29.1. The largest absolute Gasteiger partial charge is 0.372 e. The molecule has 0 amide bonds. The predicted molar refractivity (Wildman–Crippen MR) is 209 cm³/mol. The maximum atomic E-state index is 5.30. The van der Waals surface area contributed by atoms with Gasteiger partial charge in [0.2, 0.25) is 0 Å². The highest BCUT2D eigenvalue weighted by Crippen LogP contribution is 2.30. The van der Waals surface area contributed by atoms with Gasteiger partial charge in [0.1, 0.15) is 0 Å². The fourth-order valence-electron chi connectivity index (χ4n) is 6.07. The summed E-state index contributed by atoms with van der Waals surface area (Å²) in [7, 11) is 0. The third-order valence-corrected chi connectivity index (χ3v) is 8.40. The molecule has 0 unspecified atom stereocenters. The van der Waals surface area contributed by atoms with Crippen LogP contribution in [0.25, 0.3) is 46.8 Å². The molecule has 1 heterocycles. The van der Waals surface area contributed by atoms with Gasteiger partial charge in [-0.3, -0.25) is 0 Å². The molecule has 4 aromatic carbocycles. The molecule has 0 radical (unpaired) electrons. The van der Waals surface area contributed by atoms with E-state index in [4.69, 9.17) is 9.97 Å². The number of hydrogen-bond donors (Lipinski definition) is 0. The number of aromatic nitrogens is 2. The molecule has 0 saturated heterocycles. The maximum absolute atomic E-state index is 5.30. The number of rotatable bonds is 16. The van der Waals surface area contributed by atoms with Crippen molar-refractivity contribution in [2.45, 2.75) is 53.4 Å². The summed E-state index contributed by atoms with van der Waals surface area (Å²) < 4.78 is 0. The lowest BCUT2D eigenvalue weighted by Gasteiger charge is -2.23. The first kappa shape index (κ1) is 34.4. The smallest absolute Gasteiger partial charge is 0.0966 e. The second kappa shape index (κ2) is 17.8. The van der Waals surface area contributed by atoms with Crippen molar-refractivity contribution in [2.24, 2.45) is 0 Å². The molecule has 0 bridgehead atoms. The van der Waals surface area contributed by atoms with E-state index in [-0.39, 0.29) is 0 Å². The van der Waals surface area contributed by atoms with Crippen molar-refractivity contribution in [1.82, 2.24) is 9.97 Å². The lowest BCUT2D eigenvalue weighted by atomic mass is 10.0. The first-order valence-corrected chi connectivity index (χ1v) is 17.7. The summed E-state index contributed by atoms with van der Waals surface area (Å²) in [6.45, 7) is 13.2. The van der Waals surface area contributed by atoms with Gasteiger partial charge < -0.3 is 9.80 Å². The molecular weight excluding hydrogens is 585 g/mol. The van der Waals surface area contributed by atoms with Gasteiger partial charge in [0.05, 0.1) is 22.8 Å². The highest BCUT2D eigenvalue weighted by molar-refractivity contribution is 5.83. The molecular formula is C44H50N4. The minimum Gasteiger partial charge on any atom is -0.372 e. The molecule has 48 heavy (non-hydrogen) atoms. The summed E-state index contributed by atoms with van der Waals surface area (Å²) in [6.07, 6.45) is 13.1. The summed E-state index contributed by atoms with van der Waals surface area (Å²) in [4.78, 5) is 15.5.